The van der Waals surface area contributed by atoms with Gasteiger partial charge < -0.3 is 4.52 Å². The molecule has 7 nitrogen and oxygen atoms in total. The lowest BCUT2D eigenvalue weighted by atomic mass is 10.2. The fourth-order valence-corrected chi connectivity index (χ4v) is 3.30. The van der Waals surface area contributed by atoms with Crippen LogP contribution in [0.25, 0.3) is 10.9 Å². The van der Waals surface area contributed by atoms with E-state index in [9.17, 15) is 9.59 Å². The summed E-state index contributed by atoms with van der Waals surface area (Å²) in [5.41, 5.74) is 1.12. The van der Waals surface area contributed by atoms with Crippen molar-refractivity contribution < 1.29 is 9.32 Å². The Morgan fingerprint density at radius 2 is 2.23 bits per heavy atom. The highest BCUT2D eigenvalue weighted by Gasteiger charge is 2.20. The van der Waals surface area contributed by atoms with Gasteiger partial charge in [-0.2, -0.15) is 0 Å². The lowest BCUT2D eigenvalue weighted by Crippen LogP contribution is -2.26. The number of aryl methyl sites for hydroxylation is 1. The number of thioether (sulfide) groups is 1. The lowest BCUT2D eigenvalue weighted by Gasteiger charge is -2.14. The van der Waals surface area contributed by atoms with Gasteiger partial charge >= 0.3 is 0 Å². The maximum atomic E-state index is 12.7. The first kappa shape index (κ1) is 17.9. The van der Waals surface area contributed by atoms with Gasteiger partial charge in [-0.15, -0.1) is 6.58 Å². The molecule has 0 saturated heterocycles. The highest BCUT2D eigenvalue weighted by molar-refractivity contribution is 8.00. The van der Waals surface area contributed by atoms with Crippen LogP contribution in [0.2, 0.25) is 0 Å². The number of aromatic nitrogens is 3. The van der Waals surface area contributed by atoms with Crippen LogP contribution >= 0.6 is 11.8 Å². The first-order valence-corrected chi connectivity index (χ1v) is 8.89. The molecule has 0 saturated carbocycles. The predicted octanol–water partition coefficient (Wildman–Crippen LogP) is 3.00. The van der Waals surface area contributed by atoms with E-state index >= 15 is 0 Å². The number of hydrogen-bond acceptors (Lipinski definition) is 6. The molecule has 134 valence electrons. The molecule has 3 aromatic rings. The van der Waals surface area contributed by atoms with E-state index in [2.05, 4.69) is 22.0 Å². The fourth-order valence-electron chi connectivity index (χ4n) is 2.38. The minimum Gasteiger partial charge on any atom is -0.338 e. The molecule has 1 unspecified atom stereocenters. The molecule has 0 bridgehead atoms. The van der Waals surface area contributed by atoms with E-state index in [1.807, 2.05) is 6.07 Å². The molecule has 0 spiro atoms. The Kier molecular flexibility index (Phi) is 5.22. The summed E-state index contributed by atoms with van der Waals surface area (Å²) in [6.45, 7) is 7.52. The Morgan fingerprint density at radius 3 is 2.92 bits per heavy atom. The van der Waals surface area contributed by atoms with Crippen LogP contribution in [0.3, 0.4) is 0 Å². The van der Waals surface area contributed by atoms with Gasteiger partial charge in [0.05, 0.1) is 21.8 Å². The Bertz CT molecular complexity index is 1020. The summed E-state index contributed by atoms with van der Waals surface area (Å²) >= 11 is 1.20. The molecule has 3 rings (SSSR count). The van der Waals surface area contributed by atoms with Crippen LogP contribution < -0.4 is 10.9 Å². The summed E-state index contributed by atoms with van der Waals surface area (Å²) in [5, 5.41) is 6.90. The number of carbonyl (C=O) groups is 1. The van der Waals surface area contributed by atoms with E-state index in [0.717, 1.165) is 0 Å². The summed E-state index contributed by atoms with van der Waals surface area (Å²) in [4.78, 5) is 29.7. The molecule has 1 amide bonds. The van der Waals surface area contributed by atoms with Crippen molar-refractivity contribution in [3.05, 3.63) is 59.0 Å². The first-order valence-electron chi connectivity index (χ1n) is 8.01. The van der Waals surface area contributed by atoms with E-state index in [1.54, 1.807) is 44.2 Å². The summed E-state index contributed by atoms with van der Waals surface area (Å²) < 4.78 is 6.52. The minimum atomic E-state index is -0.496. The van der Waals surface area contributed by atoms with Crippen molar-refractivity contribution in [1.82, 2.24) is 14.7 Å². The number of benzene rings is 1. The van der Waals surface area contributed by atoms with E-state index in [1.165, 1.54) is 16.3 Å². The van der Waals surface area contributed by atoms with Crippen LogP contribution in [-0.2, 0) is 11.3 Å². The normalized spacial score (nSPS) is 12.1. The second-order valence-corrected chi connectivity index (χ2v) is 7.01. The minimum absolute atomic E-state index is 0.156. The molecule has 1 N–H and O–H groups in total. The van der Waals surface area contributed by atoms with Gasteiger partial charge in [0.2, 0.25) is 11.8 Å². The maximum Gasteiger partial charge on any atom is 0.262 e. The Hall–Kier alpha value is -2.87. The lowest BCUT2D eigenvalue weighted by molar-refractivity contribution is -0.115. The third-order valence-corrected chi connectivity index (χ3v) is 4.75. The number of carbonyl (C=O) groups excluding carboxylic acids is 1. The number of amides is 1. The van der Waals surface area contributed by atoms with E-state index in [0.29, 0.717) is 28.3 Å². The molecule has 0 aliphatic heterocycles. The van der Waals surface area contributed by atoms with Gasteiger partial charge in [-0.25, -0.2) is 4.98 Å². The fraction of sp³-hybridized carbons (Fsp3) is 0.222. The summed E-state index contributed by atoms with van der Waals surface area (Å²) in [7, 11) is 0. The number of para-hydroxylation sites is 1. The van der Waals surface area contributed by atoms with Crippen molar-refractivity contribution in [3.63, 3.8) is 0 Å². The third-order valence-electron chi connectivity index (χ3n) is 3.66. The van der Waals surface area contributed by atoms with Gasteiger partial charge in [0.15, 0.2) is 5.16 Å². The van der Waals surface area contributed by atoms with Crippen molar-refractivity contribution in [2.75, 3.05) is 5.32 Å². The predicted molar refractivity (Wildman–Crippen MR) is 101 cm³/mol. The van der Waals surface area contributed by atoms with Crippen molar-refractivity contribution in [1.29, 1.82) is 0 Å². The molecular formula is C18H18N4O3S. The average molecular weight is 370 g/mol. The van der Waals surface area contributed by atoms with Crippen LogP contribution in [0, 0.1) is 6.92 Å². The number of allylic oxidation sites excluding steroid dienone is 1. The molecule has 0 aliphatic rings. The molecule has 2 heterocycles. The van der Waals surface area contributed by atoms with Gasteiger partial charge in [-0.05, 0) is 26.0 Å². The third kappa shape index (κ3) is 3.70. The van der Waals surface area contributed by atoms with E-state index in [4.69, 9.17) is 4.52 Å². The Balaban J connectivity index is 1.89. The van der Waals surface area contributed by atoms with Gasteiger partial charge in [0.25, 0.3) is 5.56 Å². The average Bonchev–Trinajstić information content (AvgIpc) is 3.03. The quantitative estimate of drug-likeness (QED) is 0.407. The zero-order chi connectivity index (χ0) is 18.7. The molecule has 0 radical (unpaired) electrons. The highest BCUT2D eigenvalue weighted by atomic mass is 32.2. The van der Waals surface area contributed by atoms with Crippen LogP contribution in [-0.4, -0.2) is 25.9 Å². The van der Waals surface area contributed by atoms with Gasteiger partial charge in [0.1, 0.15) is 0 Å². The van der Waals surface area contributed by atoms with Crippen LogP contribution in [0.15, 0.2) is 57.5 Å². The molecular weight excluding hydrogens is 352 g/mol. The number of fused-ring (bicyclic) bond motifs is 1. The second-order valence-electron chi connectivity index (χ2n) is 5.70. The monoisotopic (exact) mass is 370 g/mol. The van der Waals surface area contributed by atoms with E-state index < -0.39 is 5.25 Å². The number of nitrogens with zero attached hydrogens (tertiary/aromatic N) is 3. The summed E-state index contributed by atoms with van der Waals surface area (Å²) in [6, 6.07) is 8.77. The van der Waals surface area contributed by atoms with Crippen LogP contribution in [0.1, 0.15) is 12.6 Å². The van der Waals surface area contributed by atoms with Gasteiger partial charge in [0, 0.05) is 12.6 Å². The largest absolute Gasteiger partial charge is 0.338 e. The molecule has 1 aromatic carbocycles. The van der Waals surface area contributed by atoms with Crippen molar-refractivity contribution in [2.24, 2.45) is 0 Å². The molecule has 0 fully saturated rings. The smallest absolute Gasteiger partial charge is 0.262 e. The maximum absolute atomic E-state index is 12.7. The van der Waals surface area contributed by atoms with Crippen molar-refractivity contribution in [3.8, 4) is 0 Å². The second kappa shape index (κ2) is 7.57. The summed E-state index contributed by atoms with van der Waals surface area (Å²) in [6.07, 6.45) is 1.63. The zero-order valence-corrected chi connectivity index (χ0v) is 15.2. The SMILES string of the molecule is C=CCn1c(SC(C)C(=O)Nc2cc(C)no2)nc2ccccc2c1=O. The van der Waals surface area contributed by atoms with Crippen LogP contribution in [0.4, 0.5) is 5.88 Å². The topological polar surface area (TPSA) is 90.0 Å². The Labute approximate surface area is 154 Å². The molecule has 1 atom stereocenters. The van der Waals surface area contributed by atoms with Crippen LogP contribution in [0.5, 0.6) is 0 Å². The Morgan fingerprint density at radius 1 is 1.46 bits per heavy atom. The van der Waals surface area contributed by atoms with Crippen molar-refractivity contribution >= 4 is 34.5 Å². The first-order chi connectivity index (χ1) is 12.5. The molecule has 26 heavy (non-hydrogen) atoms. The van der Waals surface area contributed by atoms with E-state index in [-0.39, 0.29) is 17.4 Å². The number of rotatable bonds is 6. The summed E-state index contributed by atoms with van der Waals surface area (Å²) in [5.74, 6) is 0.0219. The van der Waals surface area contributed by atoms with Gasteiger partial charge in [-0.3, -0.25) is 19.5 Å². The standard InChI is InChI=1S/C18H18N4O3S/c1-4-9-22-17(24)13-7-5-6-8-14(13)19-18(22)26-12(3)16(23)20-15-10-11(2)21-25-15/h4-8,10,12H,1,9H2,2-3H3,(H,20,23). The molecule has 0 aliphatic carbocycles. The highest BCUT2D eigenvalue weighted by Crippen LogP contribution is 2.23. The zero-order valence-electron chi connectivity index (χ0n) is 14.4. The molecule has 8 heteroatoms. The number of anilines is 1. The van der Waals surface area contributed by atoms with Crippen molar-refractivity contribution in [2.45, 2.75) is 30.8 Å². The molecule has 2 aromatic heterocycles. The number of hydrogen-bond donors (Lipinski definition) is 1. The number of nitrogens with one attached hydrogen (secondary N) is 1. The van der Waals surface area contributed by atoms with Gasteiger partial charge in [-0.1, -0.05) is 35.1 Å².